The number of carbonyl (C=O) groups is 2. The van der Waals surface area contributed by atoms with E-state index in [1.165, 1.54) is 24.3 Å². The number of hydrogen-bond donors (Lipinski definition) is 2. The largest absolute Gasteiger partial charge is 0.480 e. The second-order valence-corrected chi connectivity index (χ2v) is 4.18. The van der Waals surface area contributed by atoms with E-state index in [2.05, 4.69) is 0 Å². The van der Waals surface area contributed by atoms with Crippen LogP contribution in [0.1, 0.15) is 5.56 Å². The Hall–Kier alpha value is -2.25. The molecule has 0 saturated carbocycles. The minimum Gasteiger partial charge on any atom is -0.480 e. The van der Waals surface area contributed by atoms with Gasteiger partial charge in [0.15, 0.2) is 0 Å². The number of nitrogens with zero attached hydrogens (tertiary/aromatic N) is 1. The van der Waals surface area contributed by atoms with Crippen molar-refractivity contribution in [3.8, 4) is 0 Å². The maximum atomic E-state index is 12.3. The molecule has 110 valence electrons. The average Bonchev–Trinajstić information content (AvgIpc) is 2.29. The summed E-state index contributed by atoms with van der Waals surface area (Å²) >= 11 is 0. The average molecular weight is 290 g/mol. The summed E-state index contributed by atoms with van der Waals surface area (Å²) in [4.78, 5) is 22.5. The Kier molecular flexibility index (Phi) is 4.95. The number of nitrogen functional groups attached to an aromatic ring is 1. The SMILES string of the molecule is Nc1ccc(CC(=O)N(CC(=O)O)CC(F)(F)F)cc1. The van der Waals surface area contributed by atoms with Crippen molar-refractivity contribution in [1.29, 1.82) is 0 Å². The summed E-state index contributed by atoms with van der Waals surface area (Å²) in [5.41, 5.74) is 6.36. The molecule has 0 heterocycles. The smallest absolute Gasteiger partial charge is 0.406 e. The van der Waals surface area contributed by atoms with Crippen molar-refractivity contribution in [2.75, 3.05) is 18.8 Å². The second-order valence-electron chi connectivity index (χ2n) is 4.18. The van der Waals surface area contributed by atoms with Crippen molar-refractivity contribution in [2.24, 2.45) is 0 Å². The van der Waals surface area contributed by atoms with E-state index in [9.17, 15) is 22.8 Å². The zero-order chi connectivity index (χ0) is 15.3. The Bertz CT molecular complexity index is 486. The van der Waals surface area contributed by atoms with Gasteiger partial charge in [-0.3, -0.25) is 9.59 Å². The van der Waals surface area contributed by atoms with Crippen molar-refractivity contribution >= 4 is 17.6 Å². The van der Waals surface area contributed by atoms with Gasteiger partial charge in [0.05, 0.1) is 6.42 Å². The van der Waals surface area contributed by atoms with Crippen LogP contribution in [0.15, 0.2) is 24.3 Å². The normalized spacial score (nSPS) is 11.2. The van der Waals surface area contributed by atoms with Crippen LogP contribution in [0.2, 0.25) is 0 Å². The molecule has 20 heavy (non-hydrogen) atoms. The number of anilines is 1. The van der Waals surface area contributed by atoms with E-state index in [1.807, 2.05) is 0 Å². The van der Waals surface area contributed by atoms with E-state index in [0.29, 0.717) is 11.3 Å². The minimum absolute atomic E-state index is 0.263. The molecule has 0 aliphatic heterocycles. The number of benzene rings is 1. The number of alkyl halides is 3. The van der Waals surface area contributed by atoms with E-state index < -0.39 is 31.1 Å². The van der Waals surface area contributed by atoms with Gasteiger partial charge < -0.3 is 15.7 Å². The number of carboxylic acid groups (broad SMARTS) is 1. The van der Waals surface area contributed by atoms with Crippen LogP contribution in [-0.2, 0) is 16.0 Å². The van der Waals surface area contributed by atoms with Gasteiger partial charge in [-0.05, 0) is 17.7 Å². The molecule has 0 atom stereocenters. The molecular formula is C12H13F3N2O3. The van der Waals surface area contributed by atoms with Gasteiger partial charge in [-0.25, -0.2) is 0 Å². The predicted molar refractivity (Wildman–Crippen MR) is 64.8 cm³/mol. The van der Waals surface area contributed by atoms with E-state index in [-0.39, 0.29) is 11.3 Å². The van der Waals surface area contributed by atoms with Gasteiger partial charge in [0.25, 0.3) is 0 Å². The molecule has 8 heteroatoms. The molecule has 0 aromatic heterocycles. The molecule has 0 spiro atoms. The van der Waals surface area contributed by atoms with Crippen LogP contribution in [-0.4, -0.2) is 41.1 Å². The molecule has 0 fully saturated rings. The van der Waals surface area contributed by atoms with Gasteiger partial charge in [-0.1, -0.05) is 12.1 Å². The van der Waals surface area contributed by atoms with Gasteiger partial charge >= 0.3 is 12.1 Å². The molecule has 5 nitrogen and oxygen atoms in total. The van der Waals surface area contributed by atoms with E-state index in [1.54, 1.807) is 0 Å². The summed E-state index contributed by atoms with van der Waals surface area (Å²) in [6, 6.07) is 6.02. The monoisotopic (exact) mass is 290 g/mol. The van der Waals surface area contributed by atoms with Gasteiger partial charge in [0.2, 0.25) is 5.91 Å². The predicted octanol–water partition coefficient (Wildman–Crippen LogP) is 1.29. The molecule has 0 aliphatic rings. The Morgan fingerprint density at radius 1 is 1.20 bits per heavy atom. The maximum Gasteiger partial charge on any atom is 0.406 e. The number of aliphatic carboxylic acids is 1. The highest BCUT2D eigenvalue weighted by Gasteiger charge is 2.33. The first-order valence-corrected chi connectivity index (χ1v) is 5.58. The number of halogens is 3. The summed E-state index contributed by atoms with van der Waals surface area (Å²) in [5.74, 6) is -2.41. The number of amides is 1. The van der Waals surface area contributed by atoms with E-state index in [4.69, 9.17) is 10.8 Å². The van der Waals surface area contributed by atoms with Gasteiger partial charge in [0.1, 0.15) is 13.1 Å². The Morgan fingerprint density at radius 3 is 2.20 bits per heavy atom. The molecule has 0 radical (unpaired) electrons. The molecule has 1 amide bonds. The zero-order valence-corrected chi connectivity index (χ0v) is 10.4. The maximum absolute atomic E-state index is 12.3. The highest BCUT2D eigenvalue weighted by Crippen LogP contribution is 2.17. The zero-order valence-electron chi connectivity index (χ0n) is 10.4. The lowest BCUT2D eigenvalue weighted by Gasteiger charge is -2.22. The lowest BCUT2D eigenvalue weighted by Crippen LogP contribution is -2.42. The Labute approximate surface area is 112 Å². The highest BCUT2D eigenvalue weighted by molar-refractivity contribution is 5.83. The summed E-state index contributed by atoms with van der Waals surface area (Å²) in [6.07, 6.45) is -4.96. The highest BCUT2D eigenvalue weighted by atomic mass is 19.4. The summed E-state index contributed by atoms with van der Waals surface area (Å²) in [7, 11) is 0. The summed E-state index contributed by atoms with van der Waals surface area (Å²) < 4.78 is 36.9. The molecule has 0 unspecified atom stereocenters. The van der Waals surface area contributed by atoms with Crippen LogP contribution in [0.5, 0.6) is 0 Å². The number of carboxylic acids is 1. The molecule has 1 aromatic rings. The second kappa shape index (κ2) is 6.27. The lowest BCUT2D eigenvalue weighted by atomic mass is 10.1. The number of rotatable bonds is 5. The van der Waals surface area contributed by atoms with Crippen LogP contribution >= 0.6 is 0 Å². The van der Waals surface area contributed by atoms with Crippen molar-refractivity contribution in [3.63, 3.8) is 0 Å². The first-order valence-electron chi connectivity index (χ1n) is 5.58. The lowest BCUT2D eigenvalue weighted by molar-refractivity contribution is -0.165. The van der Waals surface area contributed by atoms with Crippen LogP contribution < -0.4 is 5.73 Å². The van der Waals surface area contributed by atoms with Crippen LogP contribution in [0.3, 0.4) is 0 Å². The number of carbonyl (C=O) groups excluding carboxylic acids is 1. The van der Waals surface area contributed by atoms with Crippen molar-refractivity contribution in [3.05, 3.63) is 29.8 Å². The molecule has 0 saturated heterocycles. The molecule has 3 N–H and O–H groups in total. The van der Waals surface area contributed by atoms with Crippen LogP contribution in [0.25, 0.3) is 0 Å². The topological polar surface area (TPSA) is 83.6 Å². The van der Waals surface area contributed by atoms with Crippen molar-refractivity contribution in [1.82, 2.24) is 4.90 Å². The molecule has 0 aliphatic carbocycles. The third kappa shape index (κ3) is 5.59. The number of hydrogen-bond acceptors (Lipinski definition) is 3. The fraction of sp³-hybridized carbons (Fsp3) is 0.333. The quantitative estimate of drug-likeness (QED) is 0.800. The first kappa shape index (κ1) is 15.8. The third-order valence-electron chi connectivity index (χ3n) is 2.38. The molecule has 1 rings (SSSR count). The van der Waals surface area contributed by atoms with Crippen molar-refractivity contribution < 1.29 is 27.9 Å². The van der Waals surface area contributed by atoms with Crippen LogP contribution in [0.4, 0.5) is 18.9 Å². The Morgan fingerprint density at radius 2 is 1.75 bits per heavy atom. The van der Waals surface area contributed by atoms with E-state index in [0.717, 1.165) is 0 Å². The molecule has 1 aromatic carbocycles. The standard InChI is InChI=1S/C12H13F3N2O3/c13-12(14,15)7-17(6-11(19)20)10(18)5-8-1-3-9(16)4-2-8/h1-4H,5-7,16H2,(H,19,20). The van der Waals surface area contributed by atoms with Crippen molar-refractivity contribution in [2.45, 2.75) is 12.6 Å². The van der Waals surface area contributed by atoms with Gasteiger partial charge in [0, 0.05) is 5.69 Å². The van der Waals surface area contributed by atoms with Gasteiger partial charge in [-0.2, -0.15) is 13.2 Å². The summed E-state index contributed by atoms with van der Waals surface area (Å²) in [6.45, 7) is -2.58. The summed E-state index contributed by atoms with van der Waals surface area (Å²) in [5, 5.41) is 8.55. The number of nitrogens with two attached hydrogens (primary N) is 1. The third-order valence-corrected chi connectivity index (χ3v) is 2.38. The fourth-order valence-electron chi connectivity index (χ4n) is 1.53. The fourth-order valence-corrected chi connectivity index (χ4v) is 1.53. The van der Waals surface area contributed by atoms with Gasteiger partial charge in [-0.15, -0.1) is 0 Å². The molecular weight excluding hydrogens is 277 g/mol. The minimum atomic E-state index is -4.65. The molecule has 0 bridgehead atoms. The van der Waals surface area contributed by atoms with E-state index >= 15 is 0 Å². The first-order chi connectivity index (χ1) is 9.17. The van der Waals surface area contributed by atoms with Crippen LogP contribution in [0, 0.1) is 0 Å². The Balaban J connectivity index is 2.76.